The van der Waals surface area contributed by atoms with Gasteiger partial charge in [0, 0.05) is 31.5 Å². The van der Waals surface area contributed by atoms with Crippen LogP contribution in [0.2, 0.25) is 0 Å². The van der Waals surface area contributed by atoms with Crippen molar-refractivity contribution in [2.75, 3.05) is 6.54 Å². The molecule has 6 heteroatoms. The molecule has 0 radical (unpaired) electrons. The number of aryl methyl sites for hydroxylation is 1. The predicted octanol–water partition coefficient (Wildman–Crippen LogP) is 2.42. The second kappa shape index (κ2) is 5.95. The smallest absolute Gasteiger partial charge is 0.318 e. The van der Waals surface area contributed by atoms with Gasteiger partial charge in [0.05, 0.1) is 11.7 Å². The lowest BCUT2D eigenvalue weighted by atomic mass is 10.1. The average Bonchev–Trinajstić information content (AvgIpc) is 3.14. The Morgan fingerprint density at radius 2 is 2.48 bits per heavy atom. The van der Waals surface area contributed by atoms with E-state index in [1.165, 1.54) is 0 Å². The van der Waals surface area contributed by atoms with Gasteiger partial charge < -0.3 is 14.7 Å². The molecule has 0 saturated carbocycles. The van der Waals surface area contributed by atoms with Crippen LogP contribution in [0.5, 0.6) is 0 Å². The van der Waals surface area contributed by atoms with Gasteiger partial charge in [-0.2, -0.15) is 0 Å². The highest BCUT2D eigenvalue weighted by atomic mass is 16.5. The molecule has 0 bridgehead atoms. The molecule has 1 fully saturated rings. The van der Waals surface area contributed by atoms with Crippen molar-refractivity contribution in [3.05, 3.63) is 47.6 Å². The third-order valence-corrected chi connectivity index (χ3v) is 3.65. The molecular weight excluding hydrogens is 268 g/mol. The van der Waals surface area contributed by atoms with E-state index in [1.54, 1.807) is 12.4 Å². The summed E-state index contributed by atoms with van der Waals surface area (Å²) in [6.45, 7) is 3.10. The Morgan fingerprint density at radius 1 is 1.57 bits per heavy atom. The van der Waals surface area contributed by atoms with Gasteiger partial charge in [0.2, 0.25) is 0 Å². The van der Waals surface area contributed by atoms with Crippen molar-refractivity contribution in [1.29, 1.82) is 0 Å². The first-order valence-electron chi connectivity index (χ1n) is 7.10. The minimum Gasteiger partial charge on any atom is -0.359 e. The van der Waals surface area contributed by atoms with E-state index >= 15 is 0 Å². The number of carbonyl (C=O) groups is 1. The molecule has 2 aromatic heterocycles. The number of carbonyl (C=O) groups excluding carboxylic acids is 1. The number of urea groups is 1. The number of nitrogens with one attached hydrogen (secondary N) is 1. The van der Waals surface area contributed by atoms with E-state index in [4.69, 9.17) is 4.52 Å². The fourth-order valence-corrected chi connectivity index (χ4v) is 2.63. The Balaban J connectivity index is 1.63. The normalized spacial score (nSPS) is 18.0. The molecule has 0 unspecified atom stereocenters. The number of likely N-dealkylation sites (tertiary alicyclic amines) is 1. The van der Waals surface area contributed by atoms with Crippen LogP contribution in [0.4, 0.5) is 4.79 Å². The molecular formula is C15H18N4O2. The van der Waals surface area contributed by atoms with Crippen LogP contribution < -0.4 is 5.32 Å². The quantitative estimate of drug-likeness (QED) is 0.940. The van der Waals surface area contributed by atoms with Crippen LogP contribution in [0.3, 0.4) is 0 Å². The molecule has 0 aliphatic carbocycles. The first-order chi connectivity index (χ1) is 10.2. The van der Waals surface area contributed by atoms with Gasteiger partial charge in [-0.3, -0.25) is 4.98 Å². The zero-order chi connectivity index (χ0) is 14.7. The van der Waals surface area contributed by atoms with Crippen molar-refractivity contribution < 1.29 is 9.32 Å². The summed E-state index contributed by atoms with van der Waals surface area (Å²) in [6, 6.07) is 5.61. The lowest BCUT2D eigenvalue weighted by molar-refractivity contribution is 0.182. The van der Waals surface area contributed by atoms with Crippen molar-refractivity contribution in [1.82, 2.24) is 20.4 Å². The second-order valence-corrected chi connectivity index (χ2v) is 5.24. The van der Waals surface area contributed by atoms with E-state index in [-0.39, 0.29) is 12.1 Å². The minimum atomic E-state index is -0.0737. The molecule has 1 atom stereocenters. The number of hydrogen-bond acceptors (Lipinski definition) is 4. The maximum absolute atomic E-state index is 12.3. The van der Waals surface area contributed by atoms with E-state index in [2.05, 4.69) is 15.5 Å². The summed E-state index contributed by atoms with van der Waals surface area (Å²) in [5.41, 5.74) is 1.82. The molecule has 1 saturated heterocycles. The zero-order valence-corrected chi connectivity index (χ0v) is 12.0. The molecule has 110 valence electrons. The number of aromatic nitrogens is 2. The van der Waals surface area contributed by atoms with Gasteiger partial charge in [0.15, 0.2) is 5.76 Å². The first-order valence-corrected chi connectivity index (χ1v) is 7.10. The molecule has 6 nitrogen and oxygen atoms in total. The van der Waals surface area contributed by atoms with E-state index in [0.717, 1.165) is 36.4 Å². The van der Waals surface area contributed by atoms with Gasteiger partial charge in [0.25, 0.3) is 0 Å². The molecule has 1 aliphatic rings. The number of rotatable bonds is 3. The van der Waals surface area contributed by atoms with Crippen LogP contribution in [-0.4, -0.2) is 27.6 Å². The van der Waals surface area contributed by atoms with Crippen LogP contribution in [0, 0.1) is 6.92 Å². The topological polar surface area (TPSA) is 71.3 Å². The van der Waals surface area contributed by atoms with Crippen molar-refractivity contribution in [2.24, 2.45) is 0 Å². The van der Waals surface area contributed by atoms with Crippen molar-refractivity contribution in [2.45, 2.75) is 32.4 Å². The van der Waals surface area contributed by atoms with E-state index in [1.807, 2.05) is 30.0 Å². The average molecular weight is 286 g/mol. The van der Waals surface area contributed by atoms with Crippen molar-refractivity contribution in [3.63, 3.8) is 0 Å². The SMILES string of the molecule is Cc1cc([C@H]2CCCN2C(=O)NCc2cccnc2)on1. The molecule has 3 rings (SSSR count). The third kappa shape index (κ3) is 3.04. The summed E-state index contributed by atoms with van der Waals surface area (Å²) in [5.74, 6) is 0.765. The highest BCUT2D eigenvalue weighted by molar-refractivity contribution is 5.75. The first kappa shape index (κ1) is 13.6. The van der Waals surface area contributed by atoms with Gasteiger partial charge in [-0.25, -0.2) is 4.79 Å². The summed E-state index contributed by atoms with van der Waals surface area (Å²) in [5, 5.41) is 6.84. The predicted molar refractivity (Wildman–Crippen MR) is 76.4 cm³/mol. The molecule has 2 aromatic rings. The van der Waals surface area contributed by atoms with Crippen LogP contribution in [0.1, 0.15) is 35.9 Å². The maximum atomic E-state index is 12.3. The number of amides is 2. The number of nitrogens with zero attached hydrogens (tertiary/aromatic N) is 3. The fourth-order valence-electron chi connectivity index (χ4n) is 2.63. The monoisotopic (exact) mass is 286 g/mol. The minimum absolute atomic E-state index is 0.0138. The van der Waals surface area contributed by atoms with Gasteiger partial charge in [-0.05, 0) is 31.4 Å². The van der Waals surface area contributed by atoms with E-state index in [0.29, 0.717) is 6.54 Å². The standard InChI is InChI=1S/C15H18N4O2/c1-11-8-14(21-18-11)13-5-3-7-19(13)15(20)17-10-12-4-2-6-16-9-12/h2,4,6,8-9,13H,3,5,7,10H2,1H3,(H,17,20)/t13-/m1/s1. The lowest BCUT2D eigenvalue weighted by Crippen LogP contribution is -2.39. The lowest BCUT2D eigenvalue weighted by Gasteiger charge is -2.23. The Hall–Kier alpha value is -2.37. The molecule has 21 heavy (non-hydrogen) atoms. The Labute approximate surface area is 123 Å². The maximum Gasteiger partial charge on any atom is 0.318 e. The van der Waals surface area contributed by atoms with Crippen LogP contribution in [-0.2, 0) is 6.54 Å². The molecule has 1 N–H and O–H groups in total. The molecule has 0 aromatic carbocycles. The third-order valence-electron chi connectivity index (χ3n) is 3.65. The Bertz CT molecular complexity index is 611. The zero-order valence-electron chi connectivity index (χ0n) is 12.0. The fraction of sp³-hybridized carbons (Fsp3) is 0.400. The Kier molecular flexibility index (Phi) is 3.85. The number of pyridine rings is 1. The van der Waals surface area contributed by atoms with E-state index in [9.17, 15) is 4.79 Å². The van der Waals surface area contributed by atoms with Gasteiger partial charge in [-0.15, -0.1) is 0 Å². The molecule has 0 spiro atoms. The summed E-state index contributed by atoms with van der Waals surface area (Å²) < 4.78 is 5.31. The van der Waals surface area contributed by atoms with Gasteiger partial charge in [0.1, 0.15) is 0 Å². The van der Waals surface area contributed by atoms with Crippen molar-refractivity contribution in [3.8, 4) is 0 Å². The largest absolute Gasteiger partial charge is 0.359 e. The summed E-state index contributed by atoms with van der Waals surface area (Å²) >= 11 is 0. The summed E-state index contributed by atoms with van der Waals surface area (Å²) in [6.07, 6.45) is 5.36. The van der Waals surface area contributed by atoms with Crippen LogP contribution in [0.25, 0.3) is 0 Å². The molecule has 1 aliphatic heterocycles. The molecule has 3 heterocycles. The second-order valence-electron chi connectivity index (χ2n) is 5.24. The van der Waals surface area contributed by atoms with Crippen molar-refractivity contribution >= 4 is 6.03 Å². The van der Waals surface area contributed by atoms with Gasteiger partial charge >= 0.3 is 6.03 Å². The summed E-state index contributed by atoms with van der Waals surface area (Å²) in [7, 11) is 0. The van der Waals surface area contributed by atoms with Gasteiger partial charge in [-0.1, -0.05) is 11.2 Å². The van der Waals surface area contributed by atoms with Crippen LogP contribution in [0.15, 0.2) is 35.1 Å². The molecule has 2 amide bonds. The van der Waals surface area contributed by atoms with Crippen LogP contribution >= 0.6 is 0 Å². The highest BCUT2D eigenvalue weighted by Gasteiger charge is 2.32. The Morgan fingerprint density at radius 3 is 3.19 bits per heavy atom. The highest BCUT2D eigenvalue weighted by Crippen LogP contribution is 2.32. The van der Waals surface area contributed by atoms with E-state index < -0.39 is 0 Å². The number of hydrogen-bond donors (Lipinski definition) is 1. The summed E-state index contributed by atoms with van der Waals surface area (Å²) in [4.78, 5) is 18.2.